The van der Waals surface area contributed by atoms with Crippen molar-refractivity contribution in [2.75, 3.05) is 70.9 Å². The van der Waals surface area contributed by atoms with Gasteiger partial charge in [-0.15, -0.1) is 0 Å². The predicted octanol–water partition coefficient (Wildman–Crippen LogP) is 1.35. The Morgan fingerprint density at radius 2 is 1.47 bits per heavy atom. The normalized spacial score (nSPS) is 18.5. The van der Waals surface area contributed by atoms with Crippen LogP contribution < -0.4 is 9.64 Å². The van der Waals surface area contributed by atoms with Crippen LogP contribution >= 0.6 is 0 Å². The lowest BCUT2D eigenvalue weighted by atomic mass is 10.2. The molecule has 0 N–H and O–H groups in total. The van der Waals surface area contributed by atoms with Crippen molar-refractivity contribution < 1.29 is 17.9 Å². The van der Waals surface area contributed by atoms with Crippen LogP contribution in [0, 0.1) is 0 Å². The van der Waals surface area contributed by atoms with E-state index in [1.165, 1.54) is 4.31 Å². The SMILES string of the molecule is COc1ccccc1N1CCN(CC(=O)N2CCN(S(=O)(=O)c3ccccc3)CC2)CC1. The third kappa shape index (κ3) is 4.90. The molecule has 0 aromatic heterocycles. The Balaban J connectivity index is 1.26. The maximum atomic E-state index is 12.8. The lowest BCUT2D eigenvalue weighted by Crippen LogP contribution is -2.54. The summed E-state index contributed by atoms with van der Waals surface area (Å²) in [7, 11) is -1.83. The molecule has 1 amide bonds. The first-order chi connectivity index (χ1) is 15.5. The van der Waals surface area contributed by atoms with Crippen molar-refractivity contribution in [3.8, 4) is 5.75 Å². The number of amides is 1. The summed E-state index contributed by atoms with van der Waals surface area (Å²) in [6, 6.07) is 16.4. The maximum Gasteiger partial charge on any atom is 0.243 e. The van der Waals surface area contributed by atoms with Gasteiger partial charge in [-0.1, -0.05) is 30.3 Å². The number of benzene rings is 2. The van der Waals surface area contributed by atoms with Gasteiger partial charge in [-0.2, -0.15) is 4.31 Å². The minimum absolute atomic E-state index is 0.0625. The fraction of sp³-hybridized carbons (Fsp3) is 0.435. The number of sulfonamides is 1. The van der Waals surface area contributed by atoms with Crippen LogP contribution in [-0.4, -0.2) is 94.4 Å². The molecule has 0 saturated carbocycles. The number of carbonyl (C=O) groups excluding carboxylic acids is 1. The zero-order valence-corrected chi connectivity index (χ0v) is 19.2. The number of piperazine rings is 2. The predicted molar refractivity (Wildman–Crippen MR) is 123 cm³/mol. The lowest BCUT2D eigenvalue weighted by Gasteiger charge is -2.38. The smallest absolute Gasteiger partial charge is 0.243 e. The van der Waals surface area contributed by atoms with Gasteiger partial charge >= 0.3 is 0 Å². The Kier molecular flexibility index (Phi) is 6.98. The minimum atomic E-state index is -3.51. The molecule has 9 heteroatoms. The molecule has 2 fully saturated rings. The summed E-state index contributed by atoms with van der Waals surface area (Å²) in [6.07, 6.45) is 0. The first kappa shape index (κ1) is 22.6. The highest BCUT2D eigenvalue weighted by molar-refractivity contribution is 7.89. The molecule has 2 aromatic carbocycles. The van der Waals surface area contributed by atoms with Crippen molar-refractivity contribution in [1.82, 2.24) is 14.1 Å². The summed E-state index contributed by atoms with van der Waals surface area (Å²) >= 11 is 0. The van der Waals surface area contributed by atoms with Crippen LogP contribution in [0.5, 0.6) is 5.75 Å². The number of rotatable bonds is 6. The molecule has 4 rings (SSSR count). The van der Waals surface area contributed by atoms with E-state index in [1.807, 2.05) is 18.2 Å². The van der Waals surface area contributed by atoms with Crippen molar-refractivity contribution in [3.05, 3.63) is 54.6 Å². The van der Waals surface area contributed by atoms with Gasteiger partial charge in [0, 0.05) is 52.4 Å². The van der Waals surface area contributed by atoms with E-state index in [2.05, 4.69) is 15.9 Å². The molecule has 2 heterocycles. The molecule has 2 saturated heterocycles. The summed E-state index contributed by atoms with van der Waals surface area (Å²) in [5.74, 6) is 0.924. The third-order valence-electron chi connectivity index (χ3n) is 6.13. The van der Waals surface area contributed by atoms with Gasteiger partial charge < -0.3 is 14.5 Å². The molecule has 0 aliphatic carbocycles. The summed E-state index contributed by atoms with van der Waals surface area (Å²) in [4.78, 5) is 19.4. The van der Waals surface area contributed by atoms with Crippen molar-refractivity contribution in [1.29, 1.82) is 0 Å². The topological polar surface area (TPSA) is 73.4 Å². The van der Waals surface area contributed by atoms with Crippen molar-refractivity contribution in [3.63, 3.8) is 0 Å². The van der Waals surface area contributed by atoms with Crippen LogP contribution in [0.2, 0.25) is 0 Å². The zero-order chi connectivity index (χ0) is 22.6. The van der Waals surface area contributed by atoms with Crippen molar-refractivity contribution in [2.24, 2.45) is 0 Å². The Hall–Kier alpha value is -2.62. The summed E-state index contributed by atoms with van der Waals surface area (Å²) in [5.41, 5.74) is 1.08. The van der Waals surface area contributed by atoms with Gasteiger partial charge in [0.2, 0.25) is 15.9 Å². The van der Waals surface area contributed by atoms with Gasteiger partial charge in [0.1, 0.15) is 5.75 Å². The van der Waals surface area contributed by atoms with E-state index in [1.54, 1.807) is 42.3 Å². The fourth-order valence-corrected chi connectivity index (χ4v) is 5.69. The van der Waals surface area contributed by atoms with Gasteiger partial charge in [-0.25, -0.2) is 8.42 Å². The molecule has 172 valence electrons. The number of para-hydroxylation sites is 2. The van der Waals surface area contributed by atoms with Crippen molar-refractivity contribution in [2.45, 2.75) is 4.90 Å². The summed E-state index contributed by atoms with van der Waals surface area (Å²) in [5, 5.41) is 0. The van der Waals surface area contributed by atoms with Crippen molar-refractivity contribution >= 4 is 21.6 Å². The highest BCUT2D eigenvalue weighted by Crippen LogP contribution is 2.28. The molecular formula is C23H30N4O4S. The van der Waals surface area contributed by atoms with Gasteiger partial charge in [-0.3, -0.25) is 9.69 Å². The molecule has 8 nitrogen and oxygen atoms in total. The number of ether oxygens (including phenoxy) is 1. The Bertz CT molecular complexity index is 1020. The second kappa shape index (κ2) is 9.89. The number of nitrogens with zero attached hydrogens (tertiary/aromatic N) is 4. The molecule has 0 bridgehead atoms. The average Bonchev–Trinajstić information content (AvgIpc) is 2.85. The molecule has 2 aliphatic rings. The zero-order valence-electron chi connectivity index (χ0n) is 18.4. The van der Waals surface area contributed by atoms with E-state index in [-0.39, 0.29) is 5.91 Å². The van der Waals surface area contributed by atoms with E-state index < -0.39 is 10.0 Å². The van der Waals surface area contributed by atoms with Crippen LogP contribution in [0.1, 0.15) is 0 Å². The van der Waals surface area contributed by atoms with E-state index in [9.17, 15) is 13.2 Å². The summed E-state index contributed by atoms with van der Waals surface area (Å²) in [6.45, 7) is 5.12. The number of hydrogen-bond donors (Lipinski definition) is 0. The largest absolute Gasteiger partial charge is 0.495 e. The molecular weight excluding hydrogens is 428 g/mol. The highest BCUT2D eigenvalue weighted by atomic mass is 32.2. The second-order valence-electron chi connectivity index (χ2n) is 8.03. The van der Waals surface area contributed by atoms with Gasteiger partial charge in [0.05, 0.1) is 24.2 Å². The molecule has 0 spiro atoms. The molecule has 0 radical (unpaired) electrons. The number of anilines is 1. The summed E-state index contributed by atoms with van der Waals surface area (Å²) < 4.78 is 32.5. The Labute approximate surface area is 190 Å². The fourth-order valence-electron chi connectivity index (χ4n) is 4.25. The minimum Gasteiger partial charge on any atom is -0.495 e. The Morgan fingerprint density at radius 3 is 2.12 bits per heavy atom. The first-order valence-electron chi connectivity index (χ1n) is 10.9. The second-order valence-corrected chi connectivity index (χ2v) is 9.97. The molecule has 0 unspecified atom stereocenters. The molecule has 2 aliphatic heterocycles. The number of hydrogen-bond acceptors (Lipinski definition) is 6. The first-order valence-corrected chi connectivity index (χ1v) is 12.4. The standard InChI is InChI=1S/C23H30N4O4S/c1-31-22-10-6-5-9-21(22)25-13-11-24(12-14-25)19-23(28)26-15-17-27(18-16-26)32(29,30)20-7-3-2-4-8-20/h2-10H,11-19H2,1H3. The Morgan fingerprint density at radius 1 is 0.844 bits per heavy atom. The van der Waals surface area contributed by atoms with Crippen LogP contribution in [0.25, 0.3) is 0 Å². The molecule has 0 atom stereocenters. The van der Waals surface area contributed by atoms with Crippen LogP contribution in [0.4, 0.5) is 5.69 Å². The van der Waals surface area contributed by atoms with E-state index >= 15 is 0 Å². The maximum absolute atomic E-state index is 12.8. The van der Waals surface area contributed by atoms with Crippen LogP contribution in [-0.2, 0) is 14.8 Å². The molecule has 2 aromatic rings. The number of methoxy groups -OCH3 is 1. The number of carbonyl (C=O) groups is 1. The average molecular weight is 459 g/mol. The van der Waals surface area contributed by atoms with E-state index in [0.717, 1.165) is 37.6 Å². The quantitative estimate of drug-likeness (QED) is 0.651. The van der Waals surface area contributed by atoms with E-state index in [0.29, 0.717) is 37.6 Å². The van der Waals surface area contributed by atoms with Gasteiger partial charge in [-0.05, 0) is 24.3 Å². The monoisotopic (exact) mass is 458 g/mol. The highest BCUT2D eigenvalue weighted by Gasteiger charge is 2.31. The van der Waals surface area contributed by atoms with E-state index in [4.69, 9.17) is 4.74 Å². The third-order valence-corrected chi connectivity index (χ3v) is 8.04. The lowest BCUT2D eigenvalue weighted by molar-refractivity contribution is -0.133. The van der Waals surface area contributed by atoms with Gasteiger partial charge in [0.15, 0.2) is 0 Å². The van der Waals surface area contributed by atoms with Gasteiger partial charge in [0.25, 0.3) is 0 Å². The molecule has 32 heavy (non-hydrogen) atoms. The van der Waals surface area contributed by atoms with Crippen LogP contribution in [0.3, 0.4) is 0 Å². The van der Waals surface area contributed by atoms with Crippen LogP contribution in [0.15, 0.2) is 59.5 Å².